The van der Waals surface area contributed by atoms with Crippen molar-refractivity contribution < 1.29 is 22.6 Å². The number of rotatable bonds is 13. The highest BCUT2D eigenvalue weighted by atomic mass is 31.2. The number of benzene rings is 5. The van der Waals surface area contributed by atoms with Crippen LogP contribution in [0.2, 0.25) is 0 Å². The molecule has 11 heteroatoms. The lowest BCUT2D eigenvalue weighted by Gasteiger charge is -2.31. The van der Waals surface area contributed by atoms with Crippen LogP contribution in [0.1, 0.15) is 6.92 Å². The predicted octanol–water partition coefficient (Wildman–Crippen LogP) is 11.4. The van der Waals surface area contributed by atoms with Gasteiger partial charge in [0.1, 0.15) is 28.7 Å². The molecule has 0 amide bonds. The molecule has 0 bridgehead atoms. The molecule has 0 radical (unpaired) electrons. The summed E-state index contributed by atoms with van der Waals surface area (Å²) >= 11 is 0. The summed E-state index contributed by atoms with van der Waals surface area (Å²) in [6, 6.07) is 46.9. The Kier molecular flexibility index (Phi) is 10.9. The van der Waals surface area contributed by atoms with Gasteiger partial charge in [-0.1, -0.05) is 91.0 Å². The van der Waals surface area contributed by atoms with E-state index in [2.05, 4.69) is 4.74 Å². The van der Waals surface area contributed by atoms with Gasteiger partial charge in [-0.05, 0) is 67.6 Å². The Labute approximate surface area is 260 Å². The van der Waals surface area contributed by atoms with Crippen LogP contribution in [-0.2, 0) is 0 Å². The molecule has 224 valence electrons. The van der Waals surface area contributed by atoms with Crippen LogP contribution in [0.25, 0.3) is 0 Å². The van der Waals surface area contributed by atoms with Gasteiger partial charge in [-0.2, -0.15) is 0 Å². The Morgan fingerprint density at radius 3 is 1.20 bits per heavy atom. The SMILES string of the molecule is CN=P(N=P(Oc1ccccc1)(Oc1ccccc1)C(C)N=POc1ccccc1)(Oc1ccccc1)Oc1ccccc1. The minimum Gasteiger partial charge on any atom is -0.428 e. The molecule has 0 spiro atoms. The second kappa shape index (κ2) is 15.4. The molecule has 0 aliphatic heterocycles. The van der Waals surface area contributed by atoms with Crippen molar-refractivity contribution in [3.8, 4) is 28.7 Å². The molecule has 0 aliphatic rings. The fourth-order valence-corrected chi connectivity index (χ4v) is 9.80. The van der Waals surface area contributed by atoms with E-state index in [1.807, 2.05) is 159 Å². The van der Waals surface area contributed by atoms with E-state index in [1.54, 1.807) is 7.05 Å². The van der Waals surface area contributed by atoms with Gasteiger partial charge in [0.15, 0.2) is 5.78 Å². The van der Waals surface area contributed by atoms with Gasteiger partial charge in [-0.25, -0.2) is 9.49 Å². The number of hydrogen-bond donors (Lipinski definition) is 0. The van der Waals surface area contributed by atoms with Crippen molar-refractivity contribution in [3.05, 3.63) is 152 Å². The van der Waals surface area contributed by atoms with Crippen LogP contribution in [0.15, 0.2) is 166 Å². The molecule has 5 aromatic carbocycles. The van der Waals surface area contributed by atoms with E-state index in [0.29, 0.717) is 37.3 Å². The summed E-state index contributed by atoms with van der Waals surface area (Å²) in [5, 5.41) is 0. The van der Waals surface area contributed by atoms with Crippen molar-refractivity contribution in [1.29, 1.82) is 0 Å². The van der Waals surface area contributed by atoms with Crippen LogP contribution in [0, 0.1) is 0 Å². The first-order valence-corrected chi connectivity index (χ1v) is 17.8. The first-order chi connectivity index (χ1) is 21.6. The minimum atomic E-state index is -3.51. The molecule has 1 atom stereocenters. The average molecular weight is 644 g/mol. The molecule has 0 saturated carbocycles. The summed E-state index contributed by atoms with van der Waals surface area (Å²) < 4.78 is 47.4. The zero-order chi connectivity index (χ0) is 30.5. The van der Waals surface area contributed by atoms with Crippen LogP contribution in [-0.4, -0.2) is 12.8 Å². The van der Waals surface area contributed by atoms with Crippen LogP contribution < -0.4 is 22.6 Å². The Hall–Kier alpha value is -4.34. The zero-order valence-corrected chi connectivity index (χ0v) is 26.9. The molecule has 0 aliphatic carbocycles. The molecular formula is C33H32N3O5P3. The van der Waals surface area contributed by atoms with Crippen molar-refractivity contribution >= 4 is 23.8 Å². The van der Waals surface area contributed by atoms with Crippen molar-refractivity contribution in [3.63, 3.8) is 0 Å². The second-order valence-corrected chi connectivity index (χ2v) is 14.5. The highest BCUT2D eigenvalue weighted by Crippen LogP contribution is 2.67. The fraction of sp³-hybridized carbons (Fsp3) is 0.0909. The molecule has 8 nitrogen and oxygen atoms in total. The molecule has 1 unspecified atom stereocenters. The first kappa shape index (κ1) is 31.1. The molecule has 0 fully saturated rings. The standard InChI is InChI=1S/C33H32N3O5P3/c1-28(35-42-37-29-18-8-3-9-19-29)43(38-30-20-10-4-11-21-30,39-31-22-12-5-13-23-31)36-44(34-2,40-32-24-14-6-15-25-32)41-33-26-16-7-17-27-33/h3-28H,1-2H3. The van der Waals surface area contributed by atoms with Gasteiger partial charge in [0.25, 0.3) is 0 Å². The lowest BCUT2D eigenvalue weighted by atomic mass is 10.3. The molecule has 44 heavy (non-hydrogen) atoms. The topological polar surface area (TPSA) is 83.2 Å². The summed E-state index contributed by atoms with van der Waals surface area (Å²) in [7, 11) is -5.03. The smallest absolute Gasteiger partial charge is 0.428 e. The molecule has 0 aromatic heterocycles. The molecule has 0 heterocycles. The van der Waals surface area contributed by atoms with Crippen LogP contribution in [0.4, 0.5) is 0 Å². The van der Waals surface area contributed by atoms with Crippen molar-refractivity contribution in [2.75, 3.05) is 7.05 Å². The van der Waals surface area contributed by atoms with Crippen LogP contribution in [0.3, 0.4) is 0 Å². The van der Waals surface area contributed by atoms with E-state index in [1.165, 1.54) is 0 Å². The third kappa shape index (κ3) is 8.61. The Bertz CT molecular complexity index is 1640. The highest BCUT2D eigenvalue weighted by molar-refractivity contribution is 7.68. The van der Waals surface area contributed by atoms with Gasteiger partial charge < -0.3 is 22.6 Å². The van der Waals surface area contributed by atoms with E-state index in [4.69, 9.17) is 31.9 Å². The summed E-state index contributed by atoms with van der Waals surface area (Å²) in [6.45, 7) is 1.89. The maximum Gasteiger partial charge on any atom is 0.448 e. The van der Waals surface area contributed by atoms with Crippen LogP contribution >= 0.6 is 23.8 Å². The van der Waals surface area contributed by atoms with Crippen molar-refractivity contribution in [2.45, 2.75) is 12.7 Å². The normalized spacial score (nSPS) is 12.1. The monoisotopic (exact) mass is 643 g/mol. The Morgan fingerprint density at radius 1 is 0.500 bits per heavy atom. The van der Waals surface area contributed by atoms with Gasteiger partial charge >= 0.3 is 15.2 Å². The quantitative estimate of drug-likeness (QED) is 0.119. The summed E-state index contributed by atoms with van der Waals surface area (Å²) in [4.78, 5) is 0. The van der Waals surface area contributed by atoms with Crippen LogP contribution in [0.5, 0.6) is 28.7 Å². The summed E-state index contributed by atoms with van der Waals surface area (Å²) in [5.74, 6) is 2.23. The molecular weight excluding hydrogens is 611 g/mol. The average Bonchev–Trinajstić information content (AvgIpc) is 3.07. The molecule has 0 saturated heterocycles. The number of hydrogen-bond acceptors (Lipinski definition) is 7. The maximum absolute atomic E-state index is 6.78. The van der Waals surface area contributed by atoms with Crippen molar-refractivity contribution in [2.24, 2.45) is 14.0 Å². The lowest BCUT2D eigenvalue weighted by molar-refractivity contribution is 0.451. The molecule has 5 aromatic rings. The molecule has 0 N–H and O–H groups in total. The van der Waals surface area contributed by atoms with Crippen molar-refractivity contribution in [1.82, 2.24) is 0 Å². The summed E-state index contributed by atoms with van der Waals surface area (Å²) in [6.07, 6.45) is 0. The minimum absolute atomic E-state index is 0.344. The predicted molar refractivity (Wildman–Crippen MR) is 179 cm³/mol. The van der Waals surface area contributed by atoms with Gasteiger partial charge in [0, 0.05) is 7.05 Å². The third-order valence-corrected chi connectivity index (χ3v) is 12.2. The Morgan fingerprint density at radius 2 is 0.841 bits per heavy atom. The van der Waals surface area contributed by atoms with E-state index >= 15 is 0 Å². The first-order valence-electron chi connectivity index (χ1n) is 13.8. The number of nitrogens with zero attached hydrogens (tertiary/aromatic N) is 3. The van der Waals surface area contributed by atoms with Gasteiger partial charge in [0.2, 0.25) is 8.60 Å². The van der Waals surface area contributed by atoms with E-state index in [0.717, 1.165) is 0 Å². The third-order valence-electron chi connectivity index (χ3n) is 5.96. The number of para-hydroxylation sites is 5. The summed E-state index contributed by atoms with van der Waals surface area (Å²) in [5.41, 5.74) is 0. The largest absolute Gasteiger partial charge is 0.448 e. The van der Waals surface area contributed by atoms with Gasteiger partial charge in [-0.3, -0.25) is 0 Å². The van der Waals surface area contributed by atoms with E-state index < -0.39 is 21.0 Å². The second-order valence-electron chi connectivity index (χ2n) is 9.19. The van der Waals surface area contributed by atoms with Gasteiger partial charge in [-0.15, -0.1) is 4.52 Å². The van der Waals surface area contributed by atoms with E-state index in [-0.39, 0.29) is 0 Å². The lowest BCUT2D eigenvalue weighted by Crippen LogP contribution is -2.13. The van der Waals surface area contributed by atoms with Gasteiger partial charge in [0.05, 0.1) is 0 Å². The fourth-order valence-electron chi connectivity index (χ4n) is 3.80. The highest BCUT2D eigenvalue weighted by Gasteiger charge is 2.40. The maximum atomic E-state index is 6.78. The zero-order valence-electron chi connectivity index (χ0n) is 24.2. The molecule has 5 rings (SSSR count). The Balaban J connectivity index is 1.70. The van der Waals surface area contributed by atoms with E-state index in [9.17, 15) is 0 Å².